The van der Waals surface area contributed by atoms with Crippen molar-refractivity contribution in [3.8, 4) is 0 Å². The molecule has 8 saturated carbocycles. The van der Waals surface area contributed by atoms with Crippen molar-refractivity contribution in [3.63, 3.8) is 0 Å². The summed E-state index contributed by atoms with van der Waals surface area (Å²) in [5.74, 6) is 5.23. The SMILES string of the molecule is C[C@H](CCC=O)[C@H]1CCC2C3C(CC[C@@]21C)[C@@]1(C)CCC2(C[C@@H]1C[C@H]3OC(=O)c1ccccc1)OCCO2.C[C@H](CCCO)[C@H]1CCC2C3C(CC[C@@]21C)[C@@]1(C)CCC2(C[C@@H]1C[C@H]3OC(=O)c1ccccc1)OCCO2. The molecule has 10 fully saturated rings. The molecule has 18 atom stereocenters. The molecule has 0 radical (unpaired) electrons. The van der Waals surface area contributed by atoms with Crippen LogP contribution in [0.3, 0.4) is 0 Å². The summed E-state index contributed by atoms with van der Waals surface area (Å²) in [6, 6.07) is 19.1. The summed E-state index contributed by atoms with van der Waals surface area (Å²) >= 11 is 0. The molecular formula is C66H94O10. The third-order valence-electron chi connectivity index (χ3n) is 24.6. The molecule has 0 aromatic heterocycles. The van der Waals surface area contributed by atoms with Crippen LogP contribution in [0.4, 0.5) is 0 Å². The lowest BCUT2D eigenvalue weighted by Crippen LogP contribution is -2.60. The van der Waals surface area contributed by atoms with E-state index in [1.165, 1.54) is 51.4 Å². The van der Waals surface area contributed by atoms with E-state index in [-0.39, 0.29) is 52.4 Å². The van der Waals surface area contributed by atoms with E-state index in [1.54, 1.807) is 0 Å². The second-order valence-electron chi connectivity index (χ2n) is 27.7. The Kier molecular flexibility index (Phi) is 15.7. The van der Waals surface area contributed by atoms with Crippen LogP contribution < -0.4 is 0 Å². The number of aldehydes is 1. The number of esters is 2. The Hall–Kier alpha value is -3.15. The molecule has 0 bridgehead atoms. The molecule has 2 saturated heterocycles. The topological polar surface area (TPSA) is 127 Å². The molecule has 2 aliphatic heterocycles. The van der Waals surface area contributed by atoms with E-state index in [9.17, 15) is 19.5 Å². The summed E-state index contributed by atoms with van der Waals surface area (Å²) in [6.07, 6.45) is 22.4. The quantitative estimate of drug-likeness (QED) is 0.162. The number of rotatable bonds is 12. The number of hydrogen-bond acceptors (Lipinski definition) is 10. The Morgan fingerprint density at radius 3 is 1.38 bits per heavy atom. The highest BCUT2D eigenvalue weighted by Crippen LogP contribution is 2.72. The largest absolute Gasteiger partial charge is 0.458 e. The van der Waals surface area contributed by atoms with Crippen LogP contribution in [0.15, 0.2) is 60.7 Å². The average molecular weight is 1050 g/mol. The van der Waals surface area contributed by atoms with Gasteiger partial charge in [-0.05, 0) is 201 Å². The van der Waals surface area contributed by atoms with E-state index in [1.807, 2.05) is 60.7 Å². The van der Waals surface area contributed by atoms with Crippen molar-refractivity contribution in [3.05, 3.63) is 71.8 Å². The molecule has 12 rings (SSSR count). The summed E-state index contributed by atoms with van der Waals surface area (Å²) in [7, 11) is 0. The average Bonchev–Trinajstić information content (AvgIpc) is 4.33. The van der Waals surface area contributed by atoms with Crippen molar-refractivity contribution in [2.45, 2.75) is 194 Å². The minimum Gasteiger partial charge on any atom is -0.458 e. The van der Waals surface area contributed by atoms with Crippen molar-refractivity contribution in [2.24, 2.45) is 92.7 Å². The fourth-order valence-corrected chi connectivity index (χ4v) is 20.7. The molecule has 2 aromatic carbocycles. The lowest BCUT2D eigenvalue weighted by atomic mass is 9.43. The van der Waals surface area contributed by atoms with Gasteiger partial charge in [-0.3, -0.25) is 0 Å². The minimum absolute atomic E-state index is 0.0570. The van der Waals surface area contributed by atoms with Crippen LogP contribution in [0.1, 0.15) is 191 Å². The number of hydrogen-bond donors (Lipinski definition) is 1. The third-order valence-corrected chi connectivity index (χ3v) is 24.6. The zero-order chi connectivity index (χ0) is 53.1. The number of carbonyl (C=O) groups excluding carboxylic acids is 3. The van der Waals surface area contributed by atoms with Gasteiger partial charge in [-0.2, -0.15) is 0 Å². The maximum atomic E-state index is 13.4. The Morgan fingerprint density at radius 1 is 0.566 bits per heavy atom. The molecule has 0 amide bonds. The number of benzene rings is 2. The van der Waals surface area contributed by atoms with Crippen LogP contribution in [-0.2, 0) is 33.2 Å². The van der Waals surface area contributed by atoms with Gasteiger partial charge in [0.2, 0.25) is 0 Å². The van der Waals surface area contributed by atoms with Gasteiger partial charge in [0.05, 0.1) is 37.6 Å². The van der Waals surface area contributed by atoms with Gasteiger partial charge in [-0.25, -0.2) is 9.59 Å². The van der Waals surface area contributed by atoms with Gasteiger partial charge in [-0.15, -0.1) is 0 Å². The standard InChI is InChI=1S/C33H48O5.C33H46O5/c2*1-22(8-7-17-34)25-11-12-26-29-27(13-14-32(25,26)3)31(2)15-16-33(36-18-19-37-33)21-24(31)20-28(29)38-30(35)23-9-5-4-6-10-23/h4-6,9-10,22,24-29,34H,7-8,11-21H2,1-3H3;4-6,9-10,17,22,24-29H,7-8,11-16,18-21H2,1-3H3/t2*22-,24+,25-,26?,27?,28-,29?,31+,32-/m11/s1. The van der Waals surface area contributed by atoms with Gasteiger partial charge >= 0.3 is 11.9 Å². The van der Waals surface area contributed by atoms with E-state index in [2.05, 4.69) is 41.5 Å². The predicted octanol–water partition coefficient (Wildman–Crippen LogP) is 13.5. The Morgan fingerprint density at radius 2 is 0.974 bits per heavy atom. The van der Waals surface area contributed by atoms with Crippen LogP contribution in [0.25, 0.3) is 0 Å². The van der Waals surface area contributed by atoms with Crippen LogP contribution in [0.2, 0.25) is 0 Å². The molecule has 10 nitrogen and oxygen atoms in total. The van der Waals surface area contributed by atoms with Crippen LogP contribution in [0.5, 0.6) is 0 Å². The zero-order valence-corrected chi connectivity index (χ0v) is 47.2. The highest BCUT2D eigenvalue weighted by molar-refractivity contribution is 5.90. The number of aliphatic hydroxyl groups is 1. The highest BCUT2D eigenvalue weighted by Gasteiger charge is 2.67. The van der Waals surface area contributed by atoms with Gasteiger partial charge in [0.25, 0.3) is 0 Å². The lowest BCUT2D eigenvalue weighted by Gasteiger charge is -2.63. The van der Waals surface area contributed by atoms with Gasteiger partial charge < -0.3 is 38.3 Å². The van der Waals surface area contributed by atoms with Crippen molar-refractivity contribution < 1.29 is 47.9 Å². The van der Waals surface area contributed by atoms with Crippen LogP contribution in [-0.4, -0.2) is 80.1 Å². The van der Waals surface area contributed by atoms with E-state index >= 15 is 0 Å². The van der Waals surface area contributed by atoms with Gasteiger partial charge in [-0.1, -0.05) is 77.9 Å². The summed E-state index contributed by atoms with van der Waals surface area (Å²) in [6.45, 7) is 18.0. The van der Waals surface area contributed by atoms with Crippen molar-refractivity contribution in [1.29, 1.82) is 0 Å². The number of ether oxygens (including phenoxy) is 6. The molecule has 1 N–H and O–H groups in total. The highest BCUT2D eigenvalue weighted by atomic mass is 16.7. The second-order valence-corrected chi connectivity index (χ2v) is 27.7. The fourth-order valence-electron chi connectivity index (χ4n) is 20.7. The molecule has 10 aliphatic rings. The molecule has 6 unspecified atom stereocenters. The first kappa shape index (κ1) is 54.8. The van der Waals surface area contributed by atoms with Crippen LogP contribution in [0, 0.1) is 92.7 Å². The maximum Gasteiger partial charge on any atom is 0.338 e. The van der Waals surface area contributed by atoms with Gasteiger partial charge in [0.15, 0.2) is 11.6 Å². The fraction of sp³-hybridized carbons (Fsp3) is 0.773. The summed E-state index contributed by atoms with van der Waals surface area (Å²) < 4.78 is 37.9. The molecule has 10 heteroatoms. The number of fused-ring (bicyclic) bond motifs is 10. The van der Waals surface area contributed by atoms with Crippen molar-refractivity contribution in [1.82, 2.24) is 0 Å². The summed E-state index contributed by atoms with van der Waals surface area (Å²) in [5.41, 5.74) is 2.29. The number of carbonyl (C=O) groups is 3. The maximum absolute atomic E-state index is 13.4. The predicted molar refractivity (Wildman–Crippen MR) is 292 cm³/mol. The van der Waals surface area contributed by atoms with Gasteiger partial charge in [0, 0.05) is 50.5 Å². The first-order chi connectivity index (χ1) is 36.6. The molecular weight excluding hydrogens is 953 g/mol. The minimum atomic E-state index is -0.430. The molecule has 76 heavy (non-hydrogen) atoms. The number of aliphatic hydroxyl groups excluding tert-OH is 1. The molecule has 2 spiro atoms. The molecule has 2 heterocycles. The smallest absolute Gasteiger partial charge is 0.338 e. The molecule has 418 valence electrons. The third kappa shape index (κ3) is 9.69. The summed E-state index contributed by atoms with van der Waals surface area (Å²) in [4.78, 5) is 38.0. The molecule has 2 aromatic rings. The molecule has 8 aliphatic carbocycles. The van der Waals surface area contributed by atoms with Crippen molar-refractivity contribution >= 4 is 18.2 Å². The first-order valence-corrected chi connectivity index (χ1v) is 30.7. The monoisotopic (exact) mass is 1050 g/mol. The van der Waals surface area contributed by atoms with E-state index in [4.69, 9.17) is 28.4 Å². The van der Waals surface area contributed by atoms with E-state index in [0.717, 1.165) is 76.9 Å². The Bertz CT molecular complexity index is 2330. The summed E-state index contributed by atoms with van der Waals surface area (Å²) in [5, 5.41) is 9.47. The van der Waals surface area contributed by atoms with E-state index in [0.29, 0.717) is 115 Å². The second kappa shape index (κ2) is 21.7. The Labute approximate surface area is 455 Å². The Balaban J connectivity index is 0.000000162. The normalized spacial score (nSPS) is 42.1. The first-order valence-electron chi connectivity index (χ1n) is 30.7. The van der Waals surface area contributed by atoms with Crippen LogP contribution >= 0.6 is 0 Å². The van der Waals surface area contributed by atoms with E-state index < -0.39 is 11.6 Å². The van der Waals surface area contributed by atoms with Crippen molar-refractivity contribution in [2.75, 3.05) is 33.0 Å². The lowest BCUT2D eigenvalue weighted by molar-refractivity contribution is -0.243. The zero-order valence-electron chi connectivity index (χ0n) is 47.2. The van der Waals surface area contributed by atoms with Gasteiger partial charge in [0.1, 0.15) is 18.5 Å².